The highest BCUT2D eigenvalue weighted by Gasteiger charge is 2.05. The average Bonchev–Trinajstić information content (AvgIpc) is 2.92. The van der Waals surface area contributed by atoms with Gasteiger partial charge < -0.3 is 5.21 Å². The van der Waals surface area contributed by atoms with Crippen molar-refractivity contribution in [2.45, 2.75) is 17.3 Å². The van der Waals surface area contributed by atoms with Crippen LogP contribution in [0.25, 0.3) is 0 Å². The third-order valence-electron chi connectivity index (χ3n) is 2.60. The van der Waals surface area contributed by atoms with Gasteiger partial charge in [-0.15, -0.1) is 11.3 Å². The standard InChI is InChI=1S/C15H14F2N2OS2/c16-14(17)7-4-8-21-15-18-9-13(22-15)11-19(20)10-12-5-2-1-3-6-12/h1-3,5-7,9,11H,4,8,10H2/b19-11-. The average molecular weight is 340 g/mol. The first-order valence-electron chi connectivity index (χ1n) is 6.56. The molecule has 2 aromatic rings. The van der Waals surface area contributed by atoms with Gasteiger partial charge in [0, 0.05) is 11.3 Å². The van der Waals surface area contributed by atoms with Crippen LogP contribution >= 0.6 is 23.1 Å². The summed E-state index contributed by atoms with van der Waals surface area (Å²) in [4.78, 5) is 4.92. The largest absolute Gasteiger partial charge is 0.624 e. The smallest absolute Gasteiger partial charge is 0.266 e. The quantitative estimate of drug-likeness (QED) is 0.186. The number of halogens is 2. The van der Waals surface area contributed by atoms with Crippen molar-refractivity contribution in [1.29, 1.82) is 0 Å². The van der Waals surface area contributed by atoms with E-state index in [9.17, 15) is 14.0 Å². The zero-order valence-electron chi connectivity index (χ0n) is 11.6. The Hall–Kier alpha value is -1.73. The normalized spacial score (nSPS) is 11.5. The summed E-state index contributed by atoms with van der Waals surface area (Å²) in [5.41, 5.74) is 0.938. The third-order valence-corrected chi connectivity index (χ3v) is 4.72. The van der Waals surface area contributed by atoms with E-state index in [1.165, 1.54) is 29.3 Å². The number of aromatic nitrogens is 1. The lowest BCUT2D eigenvalue weighted by molar-refractivity contribution is -0.469. The van der Waals surface area contributed by atoms with E-state index in [-0.39, 0.29) is 6.54 Å². The maximum absolute atomic E-state index is 11.9. The molecule has 0 amide bonds. The molecule has 0 fully saturated rings. The van der Waals surface area contributed by atoms with Crippen LogP contribution < -0.4 is 0 Å². The number of thioether (sulfide) groups is 1. The van der Waals surface area contributed by atoms with E-state index in [4.69, 9.17) is 0 Å². The Morgan fingerprint density at radius 3 is 2.82 bits per heavy atom. The molecule has 1 aromatic heterocycles. The molecule has 0 saturated heterocycles. The van der Waals surface area contributed by atoms with E-state index < -0.39 is 6.08 Å². The molecule has 3 nitrogen and oxygen atoms in total. The number of allylic oxidation sites excluding steroid dienone is 1. The van der Waals surface area contributed by atoms with Crippen LogP contribution in [0.15, 0.2) is 53.0 Å². The lowest BCUT2D eigenvalue weighted by Crippen LogP contribution is -2.04. The summed E-state index contributed by atoms with van der Waals surface area (Å²) in [7, 11) is 0. The van der Waals surface area contributed by atoms with E-state index in [0.717, 1.165) is 25.6 Å². The molecule has 0 aliphatic heterocycles. The topological polar surface area (TPSA) is 39.0 Å². The van der Waals surface area contributed by atoms with Gasteiger partial charge in [-0.1, -0.05) is 42.1 Å². The first-order chi connectivity index (χ1) is 10.6. The maximum atomic E-state index is 11.9. The Kier molecular flexibility index (Phi) is 6.54. The molecule has 2 rings (SSSR count). The van der Waals surface area contributed by atoms with Crippen LogP contribution in [-0.2, 0) is 6.54 Å². The molecule has 0 saturated carbocycles. The molecule has 0 radical (unpaired) electrons. The first kappa shape index (κ1) is 16.6. The molecule has 0 N–H and O–H groups in total. The van der Waals surface area contributed by atoms with Crippen LogP contribution in [0.5, 0.6) is 0 Å². The van der Waals surface area contributed by atoms with Crippen molar-refractivity contribution in [3.63, 3.8) is 0 Å². The number of hydrogen-bond donors (Lipinski definition) is 0. The Bertz CT molecular complexity index is 653. The van der Waals surface area contributed by atoms with Crippen LogP contribution in [0.4, 0.5) is 8.78 Å². The second-order valence-electron chi connectivity index (χ2n) is 4.35. The monoisotopic (exact) mass is 340 g/mol. The predicted octanol–water partition coefficient (Wildman–Crippen LogP) is 4.54. The third kappa shape index (κ3) is 5.95. The minimum atomic E-state index is -1.66. The summed E-state index contributed by atoms with van der Waals surface area (Å²) in [6.07, 6.45) is 2.65. The van der Waals surface area contributed by atoms with Crippen molar-refractivity contribution in [2.75, 3.05) is 5.75 Å². The Morgan fingerprint density at radius 2 is 2.09 bits per heavy atom. The van der Waals surface area contributed by atoms with E-state index >= 15 is 0 Å². The minimum absolute atomic E-state index is 0.280. The van der Waals surface area contributed by atoms with Crippen molar-refractivity contribution < 1.29 is 13.5 Å². The summed E-state index contributed by atoms with van der Waals surface area (Å²) >= 11 is 2.78. The van der Waals surface area contributed by atoms with E-state index in [2.05, 4.69) is 4.98 Å². The van der Waals surface area contributed by atoms with E-state index in [1.54, 1.807) is 6.20 Å². The summed E-state index contributed by atoms with van der Waals surface area (Å²) in [5, 5.41) is 11.9. The first-order valence-corrected chi connectivity index (χ1v) is 8.36. The van der Waals surface area contributed by atoms with Gasteiger partial charge in [-0.25, -0.2) is 9.72 Å². The van der Waals surface area contributed by atoms with Gasteiger partial charge >= 0.3 is 0 Å². The zero-order chi connectivity index (χ0) is 15.8. The van der Waals surface area contributed by atoms with Gasteiger partial charge in [0.05, 0.1) is 6.20 Å². The maximum Gasteiger partial charge on any atom is 0.266 e. The van der Waals surface area contributed by atoms with Crippen molar-refractivity contribution in [3.8, 4) is 0 Å². The van der Waals surface area contributed by atoms with Crippen LogP contribution in [0.1, 0.15) is 16.9 Å². The summed E-state index contributed by atoms with van der Waals surface area (Å²) < 4.78 is 25.4. The number of hydroxylamine groups is 1. The fourth-order valence-electron chi connectivity index (χ4n) is 1.66. The van der Waals surface area contributed by atoms with Gasteiger partial charge in [0.2, 0.25) is 0 Å². The van der Waals surface area contributed by atoms with Gasteiger partial charge in [-0.2, -0.15) is 8.78 Å². The fourth-order valence-corrected chi connectivity index (χ4v) is 3.56. The molecule has 0 spiro atoms. The molecule has 0 aliphatic carbocycles. The lowest BCUT2D eigenvalue weighted by atomic mass is 10.2. The van der Waals surface area contributed by atoms with E-state index in [1.807, 2.05) is 30.3 Å². The summed E-state index contributed by atoms with van der Waals surface area (Å²) in [6, 6.07) is 9.46. The molecule has 116 valence electrons. The van der Waals surface area contributed by atoms with Crippen LogP contribution in [0.3, 0.4) is 0 Å². The molecule has 0 unspecified atom stereocenters. The molecular formula is C15H14F2N2OS2. The second kappa shape index (κ2) is 8.65. The SMILES string of the molecule is [O-]/[N+](=C\c1cnc(SCCC=C(F)F)s1)Cc1ccccc1. The van der Waals surface area contributed by atoms with E-state index in [0.29, 0.717) is 12.2 Å². The molecular weight excluding hydrogens is 326 g/mol. The fraction of sp³-hybridized carbons (Fsp3) is 0.200. The van der Waals surface area contributed by atoms with Crippen LogP contribution in [0.2, 0.25) is 0 Å². The lowest BCUT2D eigenvalue weighted by Gasteiger charge is -2.02. The second-order valence-corrected chi connectivity index (χ2v) is 6.75. The van der Waals surface area contributed by atoms with Gasteiger partial charge in [0.25, 0.3) is 6.08 Å². The zero-order valence-corrected chi connectivity index (χ0v) is 13.2. The van der Waals surface area contributed by atoms with Crippen molar-refractivity contribution in [3.05, 3.63) is 64.3 Å². The van der Waals surface area contributed by atoms with Crippen molar-refractivity contribution in [2.24, 2.45) is 0 Å². The van der Waals surface area contributed by atoms with Gasteiger partial charge in [0.15, 0.2) is 17.1 Å². The number of hydrogen-bond acceptors (Lipinski definition) is 4. The van der Waals surface area contributed by atoms with Gasteiger partial charge in [0.1, 0.15) is 4.88 Å². The predicted molar refractivity (Wildman–Crippen MR) is 86.7 cm³/mol. The number of rotatable bonds is 7. The molecule has 0 bridgehead atoms. The van der Waals surface area contributed by atoms with Crippen molar-refractivity contribution in [1.82, 2.24) is 4.98 Å². The molecule has 7 heteroatoms. The number of benzene rings is 1. The Morgan fingerprint density at radius 1 is 1.32 bits per heavy atom. The highest BCUT2D eigenvalue weighted by atomic mass is 32.2. The molecule has 22 heavy (non-hydrogen) atoms. The molecule has 0 aliphatic rings. The Balaban J connectivity index is 1.88. The molecule has 1 aromatic carbocycles. The highest BCUT2D eigenvalue weighted by molar-refractivity contribution is 8.01. The van der Waals surface area contributed by atoms with Crippen LogP contribution in [-0.4, -0.2) is 21.7 Å². The van der Waals surface area contributed by atoms with Crippen molar-refractivity contribution >= 4 is 29.3 Å². The summed E-state index contributed by atoms with van der Waals surface area (Å²) in [5.74, 6) is 0.537. The number of nitrogens with zero attached hydrogens (tertiary/aromatic N) is 2. The summed E-state index contributed by atoms with van der Waals surface area (Å²) in [6.45, 7) is 0.280. The van der Waals surface area contributed by atoms with Crippen LogP contribution in [0, 0.1) is 5.21 Å². The highest BCUT2D eigenvalue weighted by Crippen LogP contribution is 2.24. The van der Waals surface area contributed by atoms with Gasteiger partial charge in [-0.3, -0.25) is 0 Å². The number of thiazole rings is 1. The molecule has 1 heterocycles. The minimum Gasteiger partial charge on any atom is -0.624 e. The van der Waals surface area contributed by atoms with Gasteiger partial charge in [-0.05, 0) is 12.5 Å². The Labute approximate surface area is 135 Å². The molecule has 0 atom stereocenters.